The number of benzene rings is 2. The Morgan fingerprint density at radius 1 is 0.966 bits per heavy atom. The van der Waals surface area contributed by atoms with Crippen molar-refractivity contribution in [3.63, 3.8) is 0 Å². The molecule has 0 saturated carbocycles. The summed E-state index contributed by atoms with van der Waals surface area (Å²) in [5.74, 6) is -4.83. The van der Waals surface area contributed by atoms with E-state index in [2.05, 4.69) is 29.8 Å². The zero-order valence-corrected chi connectivity index (χ0v) is 35.2. The highest BCUT2D eigenvalue weighted by Crippen LogP contribution is 2.43. The van der Waals surface area contributed by atoms with Gasteiger partial charge in [0.1, 0.15) is 24.3 Å². The number of carboxylic acids is 1. The van der Waals surface area contributed by atoms with Crippen molar-refractivity contribution in [1.29, 1.82) is 0 Å². The molecule has 4 amide bonds. The number of carbonyl (C=O) groups is 5. The van der Waals surface area contributed by atoms with Crippen LogP contribution in [0.2, 0.25) is 14.8 Å². The number of hydrogen-bond acceptors (Lipinski definition) is 7. The molecule has 1 aromatic heterocycles. The first-order valence-corrected chi connectivity index (χ1v) is 21.9. The molecule has 1 fully saturated rings. The Kier molecular flexibility index (Phi) is 16.2. The molecule has 0 bridgehead atoms. The summed E-state index contributed by atoms with van der Waals surface area (Å²) < 4.78 is 31.3. The SMILES string of the molecule is CC(C)(C)[C@H](c1cc(-c2cc(F)ccc2F)cn1Cc1ccccc1)N(CC[C@H](N)C(=O)N[C@H](CNC(=O)CCNC(=O)C[C](C)(C)[Al]1[CH2]C[CH2]1)C(=O)O)C(=O)CO. The number of halogens is 2. The topological polar surface area (TPSA) is 196 Å². The molecule has 3 atom stereocenters. The summed E-state index contributed by atoms with van der Waals surface area (Å²) in [6.07, 6.45) is 3.09. The zero-order chi connectivity index (χ0) is 42.8. The maximum Gasteiger partial charge on any atom is 0.328 e. The van der Waals surface area contributed by atoms with E-state index in [0.29, 0.717) is 24.2 Å². The molecule has 0 aliphatic carbocycles. The van der Waals surface area contributed by atoms with Gasteiger partial charge in [-0.2, -0.15) is 0 Å². The van der Waals surface area contributed by atoms with Crippen molar-refractivity contribution in [3.8, 4) is 11.1 Å². The number of nitrogens with one attached hydrogen (secondary N) is 3. The summed E-state index contributed by atoms with van der Waals surface area (Å²) in [6.45, 7) is 8.82. The Morgan fingerprint density at radius 2 is 1.66 bits per heavy atom. The molecule has 4 rings (SSSR count). The highest BCUT2D eigenvalue weighted by molar-refractivity contribution is 6.65. The summed E-state index contributed by atoms with van der Waals surface area (Å²) >= 11 is -0.926. The molecule has 0 radical (unpaired) electrons. The lowest BCUT2D eigenvalue weighted by atomic mass is 9.82. The van der Waals surface area contributed by atoms with E-state index in [1.165, 1.54) is 21.9 Å². The largest absolute Gasteiger partial charge is 0.480 e. The highest BCUT2D eigenvalue weighted by atomic mass is 27.2. The van der Waals surface area contributed by atoms with Gasteiger partial charge in [0.2, 0.25) is 23.6 Å². The number of carbonyl (C=O) groups excluding carboxylic acids is 4. The normalized spacial score (nSPS) is 14.5. The van der Waals surface area contributed by atoms with E-state index in [1.54, 1.807) is 12.3 Å². The van der Waals surface area contributed by atoms with Gasteiger partial charge in [0.25, 0.3) is 14.1 Å². The predicted octanol–water partition coefficient (Wildman–Crippen LogP) is 4.37. The number of aliphatic hydroxyl groups is 1. The van der Waals surface area contributed by atoms with Gasteiger partial charge in [-0.3, -0.25) is 19.2 Å². The maximum atomic E-state index is 15.1. The Hall–Kier alpha value is -4.62. The minimum Gasteiger partial charge on any atom is -0.480 e. The van der Waals surface area contributed by atoms with E-state index in [9.17, 15) is 38.6 Å². The average molecular weight is 823 g/mol. The lowest BCUT2D eigenvalue weighted by Gasteiger charge is -2.41. The van der Waals surface area contributed by atoms with Crippen LogP contribution in [0.4, 0.5) is 8.78 Å². The molecule has 314 valence electrons. The third-order valence-corrected chi connectivity index (χ3v) is 15.5. The van der Waals surface area contributed by atoms with Gasteiger partial charge < -0.3 is 41.4 Å². The predicted molar refractivity (Wildman–Crippen MR) is 218 cm³/mol. The van der Waals surface area contributed by atoms with Crippen molar-refractivity contribution in [2.75, 3.05) is 26.2 Å². The quantitative estimate of drug-likeness (QED) is 0.0905. The summed E-state index contributed by atoms with van der Waals surface area (Å²) in [7, 11) is 0. The number of aliphatic carboxylic acids is 1. The number of rotatable bonds is 20. The van der Waals surface area contributed by atoms with Gasteiger partial charge >= 0.3 is 5.97 Å². The Bertz CT molecular complexity index is 1910. The molecule has 1 aliphatic heterocycles. The molecule has 16 heteroatoms. The minimum atomic E-state index is -1.52. The molecule has 58 heavy (non-hydrogen) atoms. The summed E-state index contributed by atoms with van der Waals surface area (Å²) in [5, 5.41) is 30.0. The Labute approximate surface area is 343 Å². The number of nitrogens with two attached hydrogens (primary N) is 1. The number of hydrogen-bond donors (Lipinski definition) is 6. The van der Waals surface area contributed by atoms with Crippen molar-refractivity contribution in [3.05, 3.63) is 83.7 Å². The first-order chi connectivity index (χ1) is 27.3. The van der Waals surface area contributed by atoms with Crippen LogP contribution < -0.4 is 21.7 Å². The van der Waals surface area contributed by atoms with Crippen molar-refractivity contribution in [2.45, 2.75) is 99.8 Å². The van der Waals surface area contributed by atoms with Crippen molar-refractivity contribution in [1.82, 2.24) is 25.4 Å². The van der Waals surface area contributed by atoms with Crippen molar-refractivity contribution in [2.24, 2.45) is 11.1 Å². The lowest BCUT2D eigenvalue weighted by molar-refractivity contribution is -0.142. The fourth-order valence-corrected chi connectivity index (χ4v) is 10.3. The van der Waals surface area contributed by atoms with Gasteiger partial charge in [-0.05, 0) is 41.7 Å². The number of carboxylic acid groups (broad SMARTS) is 1. The second-order valence-electron chi connectivity index (χ2n) is 16.9. The minimum absolute atomic E-state index is 0.00524. The second-order valence-corrected chi connectivity index (χ2v) is 21.0. The third kappa shape index (κ3) is 12.7. The Morgan fingerprint density at radius 3 is 2.26 bits per heavy atom. The van der Waals surface area contributed by atoms with Crippen LogP contribution in [0, 0.1) is 17.0 Å². The lowest BCUT2D eigenvalue weighted by Crippen LogP contribution is -2.54. The molecule has 0 spiro atoms. The molecule has 13 nitrogen and oxygen atoms in total. The van der Waals surface area contributed by atoms with E-state index in [-0.39, 0.29) is 41.7 Å². The van der Waals surface area contributed by atoms with Gasteiger partial charge in [-0.15, -0.1) is 0 Å². The molecule has 3 aromatic rings. The van der Waals surface area contributed by atoms with Crippen LogP contribution in [0.15, 0.2) is 60.8 Å². The van der Waals surface area contributed by atoms with Gasteiger partial charge in [-0.1, -0.05) is 86.2 Å². The van der Waals surface area contributed by atoms with Crippen LogP contribution in [0.25, 0.3) is 11.1 Å². The summed E-state index contributed by atoms with van der Waals surface area (Å²) in [5.41, 5.74) is 7.38. The molecule has 7 N–H and O–H groups in total. The average Bonchev–Trinajstić information content (AvgIpc) is 3.52. The maximum absolute atomic E-state index is 15.1. The van der Waals surface area contributed by atoms with Gasteiger partial charge in [0.05, 0.1) is 12.1 Å². The molecular formula is C42H57AlF2N6O7. The first-order valence-electron chi connectivity index (χ1n) is 19.7. The monoisotopic (exact) mass is 822 g/mol. The molecule has 1 saturated heterocycles. The highest BCUT2D eigenvalue weighted by Gasteiger charge is 2.41. The fraction of sp³-hybridized carbons (Fsp3) is 0.500. The van der Waals surface area contributed by atoms with Crippen molar-refractivity contribution >= 4 is 43.7 Å². The Balaban J connectivity index is 1.44. The van der Waals surface area contributed by atoms with Gasteiger partial charge in [0, 0.05) is 62.0 Å². The van der Waals surface area contributed by atoms with E-state index in [0.717, 1.165) is 23.8 Å². The standard InChI is InChI=1S/C39H51F2N6O7.C3H6.Al/c1-24(2)17-34(50)43-15-13-33(49)44-20-31(38(53)54)45-37(52)30(42)14-16-47(35(51)23-48)36(39(3,4)5)32-18-26(28-19-27(40)11-12-29(28)41)22-46(32)21-25-9-7-6-8-10-25;1-3-2;/h6-12,18-19,22,30-31,36,48H,13-17,20-21,23,42H2,1-5H3,(H,43,50)(H,44,49)(H,45,52)(H,53,54);1-3H2;/t30-,31+,36-;;/m0../s1. The van der Waals surface area contributed by atoms with Crippen LogP contribution >= 0.6 is 0 Å². The van der Waals surface area contributed by atoms with E-state index < -0.39 is 86.2 Å². The number of nitrogens with zero attached hydrogens (tertiary/aromatic N) is 2. The van der Waals surface area contributed by atoms with Gasteiger partial charge in [0.15, 0.2) is 0 Å². The van der Waals surface area contributed by atoms with Crippen LogP contribution in [0.1, 0.15) is 77.6 Å². The van der Waals surface area contributed by atoms with Crippen LogP contribution in [0.3, 0.4) is 0 Å². The van der Waals surface area contributed by atoms with E-state index >= 15 is 4.39 Å². The van der Waals surface area contributed by atoms with Crippen molar-refractivity contribution < 1.29 is 43.0 Å². The van der Waals surface area contributed by atoms with Crippen LogP contribution in [-0.2, 0) is 30.5 Å². The first kappa shape index (κ1) is 46.1. The number of amides is 4. The van der Waals surface area contributed by atoms with E-state index in [4.69, 9.17) is 5.73 Å². The fourth-order valence-electron chi connectivity index (χ4n) is 7.42. The van der Waals surface area contributed by atoms with Gasteiger partial charge in [-0.25, -0.2) is 13.6 Å². The second kappa shape index (κ2) is 20.4. The smallest absolute Gasteiger partial charge is 0.328 e. The summed E-state index contributed by atoms with van der Waals surface area (Å²) in [4.78, 5) is 65.2. The molecular weight excluding hydrogens is 765 g/mol. The third-order valence-electron chi connectivity index (χ3n) is 10.9. The number of aliphatic hydroxyl groups excluding tert-OH is 1. The molecule has 0 unspecified atom stereocenters. The van der Waals surface area contributed by atoms with Crippen LogP contribution in [0.5, 0.6) is 0 Å². The molecule has 1 aliphatic rings. The molecule has 2 aromatic carbocycles. The molecule has 2 heterocycles. The van der Waals surface area contributed by atoms with Crippen LogP contribution in [-0.4, -0.2) is 102 Å². The zero-order valence-electron chi connectivity index (χ0n) is 34.0. The van der Waals surface area contributed by atoms with E-state index in [1.807, 2.05) is 55.7 Å². The summed E-state index contributed by atoms with van der Waals surface area (Å²) in [6, 6.07) is 10.6. The number of aromatic nitrogens is 1.